The second-order valence-corrected chi connectivity index (χ2v) is 5.52. The van der Waals surface area contributed by atoms with Gasteiger partial charge in [-0.05, 0) is 25.3 Å². The van der Waals surface area contributed by atoms with Crippen LogP contribution in [0.15, 0.2) is 42.5 Å². The molecule has 1 rings (SSSR count). The predicted molar refractivity (Wildman–Crippen MR) is 88.2 cm³/mol. The van der Waals surface area contributed by atoms with E-state index in [-0.39, 0.29) is 17.9 Å². The van der Waals surface area contributed by atoms with Crippen molar-refractivity contribution in [3.05, 3.63) is 48.0 Å². The lowest BCUT2D eigenvalue weighted by Crippen LogP contribution is -2.43. The molecule has 1 aromatic rings. The third kappa shape index (κ3) is 6.54. The van der Waals surface area contributed by atoms with E-state index in [9.17, 15) is 9.59 Å². The molecule has 5 nitrogen and oxygen atoms in total. The summed E-state index contributed by atoms with van der Waals surface area (Å²) in [5.74, 6) is -0.334. The Morgan fingerprint density at radius 3 is 2.45 bits per heavy atom. The standard InChI is InChI=1S/C17H25N3O2/c1-13(18)17(22)19-15(11-12-16(21)20(2)3)10-9-14-7-5-4-6-8-14/h4-8,11-13,15H,9-10,18H2,1-3H3,(H,19,22). The van der Waals surface area contributed by atoms with Gasteiger partial charge in [-0.1, -0.05) is 36.4 Å². The average molecular weight is 303 g/mol. The molecule has 2 unspecified atom stereocenters. The molecule has 0 aromatic heterocycles. The summed E-state index contributed by atoms with van der Waals surface area (Å²) in [5, 5.41) is 2.86. The highest BCUT2D eigenvalue weighted by Crippen LogP contribution is 2.06. The van der Waals surface area contributed by atoms with E-state index in [1.54, 1.807) is 27.1 Å². The molecule has 0 aliphatic carbocycles. The zero-order valence-corrected chi connectivity index (χ0v) is 13.5. The van der Waals surface area contributed by atoms with Crippen molar-refractivity contribution in [3.63, 3.8) is 0 Å². The maximum Gasteiger partial charge on any atom is 0.245 e. The molecule has 22 heavy (non-hydrogen) atoms. The van der Waals surface area contributed by atoms with Crippen molar-refractivity contribution in [2.75, 3.05) is 14.1 Å². The highest BCUT2D eigenvalue weighted by Gasteiger charge is 2.13. The van der Waals surface area contributed by atoms with Crippen LogP contribution in [-0.4, -0.2) is 42.9 Å². The van der Waals surface area contributed by atoms with Crippen LogP contribution in [0.5, 0.6) is 0 Å². The highest BCUT2D eigenvalue weighted by molar-refractivity contribution is 5.87. The van der Waals surface area contributed by atoms with E-state index < -0.39 is 6.04 Å². The maximum atomic E-state index is 11.8. The average Bonchev–Trinajstić information content (AvgIpc) is 2.50. The molecular formula is C17H25N3O2. The summed E-state index contributed by atoms with van der Waals surface area (Å²) in [6.45, 7) is 1.64. The summed E-state index contributed by atoms with van der Waals surface area (Å²) in [5.41, 5.74) is 6.77. The van der Waals surface area contributed by atoms with Crippen LogP contribution < -0.4 is 11.1 Å². The molecule has 0 spiro atoms. The Morgan fingerprint density at radius 1 is 1.27 bits per heavy atom. The Labute approximate surface area is 132 Å². The van der Waals surface area contributed by atoms with Crippen molar-refractivity contribution in [1.82, 2.24) is 10.2 Å². The minimum absolute atomic E-state index is 0.111. The Bertz CT molecular complexity index is 510. The van der Waals surface area contributed by atoms with Gasteiger partial charge in [0.1, 0.15) is 0 Å². The molecule has 2 atom stereocenters. The van der Waals surface area contributed by atoms with Gasteiger partial charge in [0, 0.05) is 26.2 Å². The number of hydrogen-bond acceptors (Lipinski definition) is 3. The molecule has 0 radical (unpaired) electrons. The highest BCUT2D eigenvalue weighted by atomic mass is 16.2. The number of aryl methyl sites for hydroxylation is 1. The van der Waals surface area contributed by atoms with E-state index in [1.165, 1.54) is 16.5 Å². The molecule has 0 saturated heterocycles. The summed E-state index contributed by atoms with van der Waals surface area (Å²) in [7, 11) is 3.37. The lowest BCUT2D eigenvalue weighted by Gasteiger charge is -2.17. The van der Waals surface area contributed by atoms with Gasteiger partial charge in [0.15, 0.2) is 0 Å². The quantitative estimate of drug-likeness (QED) is 0.741. The third-order valence-corrected chi connectivity index (χ3v) is 3.24. The fourth-order valence-corrected chi connectivity index (χ4v) is 1.85. The molecular weight excluding hydrogens is 278 g/mol. The number of amides is 2. The second kappa shape index (κ2) is 9.00. The Balaban J connectivity index is 2.69. The Morgan fingerprint density at radius 2 is 1.91 bits per heavy atom. The largest absolute Gasteiger partial charge is 0.349 e. The number of nitrogens with two attached hydrogens (primary N) is 1. The number of hydrogen-bond donors (Lipinski definition) is 2. The zero-order valence-electron chi connectivity index (χ0n) is 13.5. The molecule has 120 valence electrons. The lowest BCUT2D eigenvalue weighted by molar-refractivity contribution is -0.124. The first-order valence-electron chi connectivity index (χ1n) is 7.39. The van der Waals surface area contributed by atoms with Crippen molar-refractivity contribution in [1.29, 1.82) is 0 Å². The SMILES string of the molecule is CC(N)C(=O)NC(C=CC(=O)N(C)C)CCc1ccccc1. The second-order valence-electron chi connectivity index (χ2n) is 5.52. The van der Waals surface area contributed by atoms with Crippen molar-refractivity contribution in [2.45, 2.75) is 31.8 Å². The normalized spacial score (nSPS) is 13.6. The van der Waals surface area contributed by atoms with Gasteiger partial charge in [0.2, 0.25) is 11.8 Å². The van der Waals surface area contributed by atoms with Gasteiger partial charge in [0.05, 0.1) is 6.04 Å². The summed E-state index contributed by atoms with van der Waals surface area (Å²) < 4.78 is 0. The first-order valence-corrected chi connectivity index (χ1v) is 7.39. The van der Waals surface area contributed by atoms with E-state index in [0.29, 0.717) is 6.42 Å². The number of nitrogens with zero attached hydrogens (tertiary/aromatic N) is 1. The molecule has 1 aromatic carbocycles. The molecule has 2 amide bonds. The fourth-order valence-electron chi connectivity index (χ4n) is 1.85. The molecule has 0 saturated carbocycles. The molecule has 0 aliphatic rings. The topological polar surface area (TPSA) is 75.4 Å². The van der Waals surface area contributed by atoms with Crippen LogP contribution >= 0.6 is 0 Å². The number of carbonyl (C=O) groups excluding carboxylic acids is 2. The van der Waals surface area contributed by atoms with Crippen molar-refractivity contribution < 1.29 is 9.59 Å². The number of nitrogens with one attached hydrogen (secondary N) is 1. The van der Waals surface area contributed by atoms with Crippen molar-refractivity contribution in [2.24, 2.45) is 5.73 Å². The number of benzene rings is 1. The zero-order chi connectivity index (χ0) is 16.5. The molecule has 5 heteroatoms. The molecule has 0 heterocycles. The van der Waals surface area contributed by atoms with Crippen LogP contribution in [-0.2, 0) is 16.0 Å². The molecule has 0 aliphatic heterocycles. The van der Waals surface area contributed by atoms with E-state index in [2.05, 4.69) is 5.32 Å². The van der Waals surface area contributed by atoms with E-state index in [1.807, 2.05) is 30.3 Å². The van der Waals surface area contributed by atoms with Gasteiger partial charge >= 0.3 is 0 Å². The van der Waals surface area contributed by atoms with Crippen LogP contribution in [0.25, 0.3) is 0 Å². The van der Waals surface area contributed by atoms with Crippen LogP contribution in [0.3, 0.4) is 0 Å². The minimum Gasteiger partial charge on any atom is -0.349 e. The van der Waals surface area contributed by atoms with Gasteiger partial charge in [0.25, 0.3) is 0 Å². The Kier molecular flexibility index (Phi) is 7.32. The van der Waals surface area contributed by atoms with E-state index >= 15 is 0 Å². The third-order valence-electron chi connectivity index (χ3n) is 3.24. The van der Waals surface area contributed by atoms with Gasteiger partial charge in [-0.2, -0.15) is 0 Å². The number of carbonyl (C=O) groups is 2. The van der Waals surface area contributed by atoms with E-state index in [0.717, 1.165) is 6.42 Å². The summed E-state index contributed by atoms with van der Waals surface area (Å²) in [6.07, 6.45) is 4.73. The first kappa shape index (κ1) is 17.9. The summed E-state index contributed by atoms with van der Waals surface area (Å²) >= 11 is 0. The van der Waals surface area contributed by atoms with Crippen molar-refractivity contribution >= 4 is 11.8 Å². The predicted octanol–water partition coefficient (Wildman–Crippen LogP) is 1.10. The molecule has 3 N–H and O–H groups in total. The fraction of sp³-hybridized carbons (Fsp3) is 0.412. The maximum absolute atomic E-state index is 11.8. The molecule has 0 bridgehead atoms. The van der Waals surface area contributed by atoms with Gasteiger partial charge in [-0.15, -0.1) is 0 Å². The van der Waals surface area contributed by atoms with Crippen molar-refractivity contribution in [3.8, 4) is 0 Å². The number of likely N-dealkylation sites (N-methyl/N-ethyl adjacent to an activating group) is 1. The summed E-state index contributed by atoms with van der Waals surface area (Å²) in [6, 6.07) is 9.22. The van der Waals surface area contributed by atoms with Crippen LogP contribution in [0.1, 0.15) is 18.9 Å². The van der Waals surface area contributed by atoms with Gasteiger partial charge < -0.3 is 16.0 Å². The van der Waals surface area contributed by atoms with Crippen LogP contribution in [0.2, 0.25) is 0 Å². The Hall–Kier alpha value is -2.14. The minimum atomic E-state index is -0.572. The van der Waals surface area contributed by atoms with Crippen LogP contribution in [0, 0.1) is 0 Å². The van der Waals surface area contributed by atoms with Crippen LogP contribution in [0.4, 0.5) is 0 Å². The monoisotopic (exact) mass is 303 g/mol. The number of rotatable bonds is 7. The van der Waals surface area contributed by atoms with Gasteiger partial charge in [-0.3, -0.25) is 9.59 Å². The van der Waals surface area contributed by atoms with E-state index in [4.69, 9.17) is 5.73 Å². The lowest BCUT2D eigenvalue weighted by atomic mass is 10.0. The first-order chi connectivity index (χ1) is 10.4. The van der Waals surface area contributed by atoms with Gasteiger partial charge in [-0.25, -0.2) is 0 Å². The summed E-state index contributed by atoms with van der Waals surface area (Å²) in [4.78, 5) is 24.9. The molecule has 0 fully saturated rings. The smallest absolute Gasteiger partial charge is 0.245 e.